The number of halogens is 1. The third kappa shape index (κ3) is 6.11. The van der Waals surface area contributed by atoms with Gasteiger partial charge in [-0.15, -0.1) is 11.8 Å². The van der Waals surface area contributed by atoms with Crippen molar-refractivity contribution in [3.8, 4) is 0 Å². The van der Waals surface area contributed by atoms with Crippen molar-refractivity contribution in [3.63, 3.8) is 0 Å². The topological polar surface area (TPSA) is 66.3 Å². The molecule has 2 aromatic heterocycles. The first-order valence-corrected chi connectivity index (χ1v) is 13.7. The zero-order chi connectivity index (χ0) is 26.4. The minimum atomic E-state index is -0.339. The van der Waals surface area contributed by atoms with Crippen molar-refractivity contribution >= 4 is 40.1 Å². The van der Waals surface area contributed by atoms with Crippen molar-refractivity contribution in [2.24, 2.45) is 0 Å². The van der Waals surface area contributed by atoms with Gasteiger partial charge in [-0.2, -0.15) is 4.98 Å². The zero-order valence-corrected chi connectivity index (χ0v) is 22.6. The van der Waals surface area contributed by atoms with Crippen molar-refractivity contribution in [2.75, 3.05) is 49.7 Å². The molecule has 2 aromatic carbocycles. The minimum absolute atomic E-state index is 0.0925. The molecule has 0 saturated carbocycles. The average molecular weight is 521 g/mol. The molecule has 0 bridgehead atoms. The highest BCUT2D eigenvalue weighted by molar-refractivity contribution is 7.98. The van der Waals surface area contributed by atoms with E-state index < -0.39 is 0 Å². The predicted octanol–water partition coefficient (Wildman–Crippen LogP) is 5.22. The van der Waals surface area contributed by atoms with Gasteiger partial charge in [-0.1, -0.05) is 19.9 Å². The molecule has 1 fully saturated rings. The first kappa shape index (κ1) is 26.6. The summed E-state index contributed by atoms with van der Waals surface area (Å²) in [6, 6.07) is 16.3. The van der Waals surface area contributed by atoms with Crippen LogP contribution in [-0.4, -0.2) is 58.9 Å². The van der Waals surface area contributed by atoms with Crippen molar-refractivity contribution in [1.82, 2.24) is 19.4 Å². The fraction of sp³-hybridized carbons (Fsp3) is 0.321. The molecule has 5 rings (SSSR count). The predicted molar refractivity (Wildman–Crippen MR) is 152 cm³/mol. The highest BCUT2D eigenvalue weighted by Crippen LogP contribution is 2.25. The van der Waals surface area contributed by atoms with Crippen LogP contribution in [0.3, 0.4) is 0 Å². The second-order valence-electron chi connectivity index (χ2n) is 8.61. The summed E-state index contributed by atoms with van der Waals surface area (Å²) in [7, 11) is 2.14. The van der Waals surface area contributed by atoms with E-state index >= 15 is 0 Å². The molecule has 1 aliphatic heterocycles. The first-order chi connectivity index (χ1) is 18.0. The van der Waals surface area contributed by atoms with Crippen LogP contribution in [0.15, 0.2) is 70.5 Å². The lowest BCUT2D eigenvalue weighted by Gasteiger charge is -2.34. The molecule has 9 heteroatoms. The summed E-state index contributed by atoms with van der Waals surface area (Å²) in [5.74, 6) is 0.0384. The number of likely N-dealkylation sites (N-methyl/N-ethyl adjacent to an activating group) is 1. The molecule has 4 aromatic rings. The van der Waals surface area contributed by atoms with Crippen LogP contribution >= 0.6 is 11.8 Å². The fourth-order valence-corrected chi connectivity index (χ4v) is 4.90. The van der Waals surface area contributed by atoms with Gasteiger partial charge in [-0.3, -0.25) is 9.36 Å². The minimum Gasteiger partial charge on any atom is -0.369 e. The zero-order valence-electron chi connectivity index (χ0n) is 21.7. The van der Waals surface area contributed by atoms with E-state index in [1.165, 1.54) is 34.1 Å². The molecule has 0 unspecified atom stereocenters. The van der Waals surface area contributed by atoms with Crippen LogP contribution in [-0.2, 0) is 6.54 Å². The van der Waals surface area contributed by atoms with Crippen LogP contribution < -0.4 is 15.8 Å². The van der Waals surface area contributed by atoms with Crippen LogP contribution in [0.25, 0.3) is 11.0 Å². The smallest absolute Gasteiger partial charge is 0.252 e. The molecule has 37 heavy (non-hydrogen) atoms. The van der Waals surface area contributed by atoms with E-state index in [9.17, 15) is 9.18 Å². The molecular weight excluding hydrogens is 487 g/mol. The largest absolute Gasteiger partial charge is 0.369 e. The number of nitrogens with zero attached hydrogens (tertiary/aromatic N) is 5. The molecule has 7 nitrogen and oxygen atoms in total. The van der Waals surface area contributed by atoms with E-state index in [1.807, 2.05) is 38.3 Å². The van der Waals surface area contributed by atoms with Crippen LogP contribution in [0, 0.1) is 5.82 Å². The number of aromatic nitrogens is 3. The quantitative estimate of drug-likeness (QED) is 0.350. The Morgan fingerprint density at radius 3 is 2.43 bits per heavy atom. The monoisotopic (exact) mass is 520 g/mol. The molecule has 3 heterocycles. The Kier molecular flexibility index (Phi) is 8.78. The summed E-state index contributed by atoms with van der Waals surface area (Å²) in [4.78, 5) is 27.3. The Morgan fingerprint density at radius 1 is 1.00 bits per heavy atom. The molecule has 1 saturated heterocycles. The molecular formula is C28H33FN6OS. The van der Waals surface area contributed by atoms with E-state index in [-0.39, 0.29) is 17.9 Å². The lowest BCUT2D eigenvalue weighted by atomic mass is 10.2. The summed E-state index contributed by atoms with van der Waals surface area (Å²) in [5, 5.41) is 3.95. The Bertz CT molecular complexity index is 1400. The molecule has 1 N–H and O–H groups in total. The van der Waals surface area contributed by atoms with E-state index in [1.54, 1.807) is 18.3 Å². The number of benzene rings is 2. The van der Waals surface area contributed by atoms with Crippen LogP contribution in [0.1, 0.15) is 19.4 Å². The third-order valence-electron chi connectivity index (χ3n) is 6.33. The highest BCUT2D eigenvalue weighted by atomic mass is 32.2. The van der Waals surface area contributed by atoms with Gasteiger partial charge in [0.25, 0.3) is 5.56 Å². The number of piperazine rings is 1. The number of anilines is 3. The third-order valence-corrected chi connectivity index (χ3v) is 7.15. The van der Waals surface area contributed by atoms with E-state index in [4.69, 9.17) is 0 Å². The summed E-state index contributed by atoms with van der Waals surface area (Å²) in [5.41, 5.74) is 2.73. The normalized spacial score (nSPS) is 13.8. The van der Waals surface area contributed by atoms with Crippen molar-refractivity contribution in [2.45, 2.75) is 25.3 Å². The standard InChI is InChI=1S/C26H27FN6OS.C2H6/c1-31-12-14-32(15-13-31)20-9-7-19(8-10-20)29-26-28-16-18-6-11-24(34)33(25(18)30-26)17-21-22(27)4-3-5-23(21)35-2;1-2/h3-11,16H,12-15,17H2,1-2H3,(H,28,29,30);1-2H3. The number of thioether (sulfide) groups is 1. The first-order valence-electron chi connectivity index (χ1n) is 12.5. The van der Waals surface area contributed by atoms with Crippen LogP contribution in [0.2, 0.25) is 0 Å². The number of rotatable bonds is 6. The van der Waals surface area contributed by atoms with E-state index in [0.29, 0.717) is 22.5 Å². The van der Waals surface area contributed by atoms with Gasteiger partial charge in [-0.25, -0.2) is 9.37 Å². The molecule has 1 aliphatic rings. The summed E-state index contributed by atoms with van der Waals surface area (Å²) in [6.45, 7) is 8.22. The van der Waals surface area contributed by atoms with Crippen molar-refractivity contribution < 1.29 is 4.39 Å². The molecule has 0 amide bonds. The maximum atomic E-state index is 14.6. The second-order valence-corrected chi connectivity index (χ2v) is 9.46. The summed E-state index contributed by atoms with van der Waals surface area (Å²) >= 11 is 1.45. The lowest BCUT2D eigenvalue weighted by molar-refractivity contribution is 0.313. The second kappa shape index (κ2) is 12.2. The molecule has 194 valence electrons. The van der Waals surface area contributed by atoms with Gasteiger partial charge in [0.2, 0.25) is 5.95 Å². The fourth-order valence-electron chi connectivity index (χ4n) is 4.28. The van der Waals surface area contributed by atoms with Crippen molar-refractivity contribution in [3.05, 3.63) is 82.5 Å². The Balaban J connectivity index is 0.00000156. The number of fused-ring (bicyclic) bond motifs is 1. The average Bonchev–Trinajstić information content (AvgIpc) is 2.93. The van der Waals surface area contributed by atoms with Gasteiger partial charge in [0.1, 0.15) is 11.5 Å². The summed E-state index contributed by atoms with van der Waals surface area (Å²) in [6.07, 6.45) is 3.57. The highest BCUT2D eigenvalue weighted by Gasteiger charge is 2.15. The number of pyridine rings is 1. The Hall–Kier alpha value is -3.43. The molecule has 0 aliphatic carbocycles. The van der Waals surface area contributed by atoms with Gasteiger partial charge in [0, 0.05) is 65.7 Å². The Labute approximate surface area is 221 Å². The van der Waals surface area contributed by atoms with Crippen LogP contribution in [0.5, 0.6) is 0 Å². The van der Waals surface area contributed by atoms with Gasteiger partial charge in [0.05, 0.1) is 6.54 Å². The SMILES string of the molecule is CC.CSc1cccc(F)c1Cn1c(=O)ccc2cnc(Nc3ccc(N4CCN(C)CC4)cc3)nc21. The summed E-state index contributed by atoms with van der Waals surface area (Å²) < 4.78 is 16.1. The number of nitrogens with one attached hydrogen (secondary N) is 1. The van der Waals surface area contributed by atoms with Gasteiger partial charge in [-0.05, 0) is 55.8 Å². The van der Waals surface area contributed by atoms with Gasteiger partial charge < -0.3 is 15.1 Å². The van der Waals surface area contributed by atoms with E-state index in [2.05, 4.69) is 44.3 Å². The lowest BCUT2D eigenvalue weighted by Crippen LogP contribution is -2.44. The number of hydrogen-bond donors (Lipinski definition) is 1. The van der Waals surface area contributed by atoms with Crippen molar-refractivity contribution in [1.29, 1.82) is 0 Å². The molecule has 0 atom stereocenters. The number of hydrogen-bond acceptors (Lipinski definition) is 7. The molecule has 0 spiro atoms. The van der Waals surface area contributed by atoms with Gasteiger partial charge >= 0.3 is 0 Å². The van der Waals surface area contributed by atoms with Gasteiger partial charge in [0.15, 0.2) is 0 Å². The maximum Gasteiger partial charge on any atom is 0.252 e. The van der Waals surface area contributed by atoms with Crippen LogP contribution in [0.4, 0.5) is 21.7 Å². The van der Waals surface area contributed by atoms with E-state index in [0.717, 1.165) is 36.8 Å². The Morgan fingerprint density at radius 2 is 1.73 bits per heavy atom. The molecule has 0 radical (unpaired) electrons. The maximum absolute atomic E-state index is 14.6.